The van der Waals surface area contributed by atoms with Crippen LogP contribution in [0.15, 0.2) is 24.3 Å². The number of carbonyl (C=O) groups is 1. The minimum absolute atomic E-state index is 0.229. The first-order valence-corrected chi connectivity index (χ1v) is 5.79. The van der Waals surface area contributed by atoms with Crippen LogP contribution < -0.4 is 14.8 Å². The molecule has 0 saturated heterocycles. The van der Waals surface area contributed by atoms with Crippen LogP contribution in [0.5, 0.6) is 11.5 Å². The second-order valence-corrected chi connectivity index (χ2v) is 3.62. The molecule has 1 unspecified atom stereocenters. The van der Waals surface area contributed by atoms with Crippen molar-refractivity contribution < 1.29 is 19.0 Å². The lowest BCUT2D eigenvalue weighted by Gasteiger charge is -2.16. The number of benzene rings is 1. The molecule has 1 aromatic carbocycles. The van der Waals surface area contributed by atoms with Crippen molar-refractivity contribution in [3.05, 3.63) is 24.3 Å². The third-order valence-electron chi connectivity index (χ3n) is 2.41. The Morgan fingerprint density at radius 1 is 1.22 bits per heavy atom. The molecular weight excluding hydrogens is 234 g/mol. The van der Waals surface area contributed by atoms with Crippen LogP contribution in [-0.2, 0) is 9.53 Å². The standard InChI is InChI=1S/C13H19NO4/c1-4-14-12(13(15)17-3)9-18-11-7-5-10(16-2)6-8-11/h5-8,12,14H,4,9H2,1-3H3. The number of likely N-dealkylation sites (N-methyl/N-ethyl adjacent to an activating group) is 1. The maximum Gasteiger partial charge on any atom is 0.326 e. The van der Waals surface area contributed by atoms with E-state index < -0.39 is 6.04 Å². The Balaban J connectivity index is 2.52. The average molecular weight is 253 g/mol. The molecule has 0 aliphatic carbocycles. The second kappa shape index (κ2) is 7.55. The van der Waals surface area contributed by atoms with Crippen molar-refractivity contribution in [2.75, 3.05) is 27.4 Å². The first-order valence-electron chi connectivity index (χ1n) is 5.79. The fraction of sp³-hybridized carbons (Fsp3) is 0.462. The molecule has 0 saturated carbocycles. The summed E-state index contributed by atoms with van der Waals surface area (Å²) in [5.41, 5.74) is 0. The Labute approximate surface area is 107 Å². The van der Waals surface area contributed by atoms with Crippen molar-refractivity contribution >= 4 is 5.97 Å². The number of esters is 1. The van der Waals surface area contributed by atoms with Gasteiger partial charge in [-0.1, -0.05) is 6.92 Å². The van der Waals surface area contributed by atoms with E-state index >= 15 is 0 Å². The topological polar surface area (TPSA) is 56.8 Å². The summed E-state index contributed by atoms with van der Waals surface area (Å²) in [4.78, 5) is 11.4. The maximum atomic E-state index is 11.4. The molecule has 0 aromatic heterocycles. The third-order valence-corrected chi connectivity index (χ3v) is 2.41. The van der Waals surface area contributed by atoms with Crippen LogP contribution in [0.2, 0.25) is 0 Å². The first kappa shape index (κ1) is 14.3. The van der Waals surface area contributed by atoms with E-state index in [4.69, 9.17) is 9.47 Å². The van der Waals surface area contributed by atoms with Gasteiger partial charge in [-0.3, -0.25) is 4.79 Å². The van der Waals surface area contributed by atoms with E-state index in [0.29, 0.717) is 12.3 Å². The summed E-state index contributed by atoms with van der Waals surface area (Å²) < 4.78 is 15.3. The zero-order chi connectivity index (χ0) is 13.4. The Morgan fingerprint density at radius 2 is 1.83 bits per heavy atom. The highest BCUT2D eigenvalue weighted by molar-refractivity contribution is 5.75. The molecule has 0 aliphatic rings. The van der Waals surface area contributed by atoms with Gasteiger partial charge in [0.2, 0.25) is 0 Å². The van der Waals surface area contributed by atoms with Crippen LogP contribution in [-0.4, -0.2) is 39.4 Å². The van der Waals surface area contributed by atoms with Crippen LogP contribution in [0.4, 0.5) is 0 Å². The molecule has 0 amide bonds. The average Bonchev–Trinajstić information content (AvgIpc) is 2.43. The lowest BCUT2D eigenvalue weighted by Crippen LogP contribution is -2.42. The lowest BCUT2D eigenvalue weighted by molar-refractivity contribution is -0.143. The van der Waals surface area contributed by atoms with Crippen molar-refractivity contribution in [3.63, 3.8) is 0 Å². The van der Waals surface area contributed by atoms with Crippen LogP contribution in [0.25, 0.3) is 0 Å². The summed E-state index contributed by atoms with van der Waals surface area (Å²) in [5, 5.41) is 3.00. The Bertz CT molecular complexity index is 364. The molecule has 0 radical (unpaired) electrons. The van der Waals surface area contributed by atoms with Gasteiger partial charge in [0, 0.05) is 0 Å². The van der Waals surface area contributed by atoms with Gasteiger partial charge in [0.1, 0.15) is 24.1 Å². The molecule has 0 spiro atoms. The van der Waals surface area contributed by atoms with Crippen molar-refractivity contribution in [3.8, 4) is 11.5 Å². The molecule has 0 fully saturated rings. The van der Waals surface area contributed by atoms with Crippen LogP contribution in [0.3, 0.4) is 0 Å². The first-order chi connectivity index (χ1) is 8.71. The normalized spacial score (nSPS) is 11.7. The quantitative estimate of drug-likeness (QED) is 0.741. The summed E-state index contributed by atoms with van der Waals surface area (Å²) >= 11 is 0. The van der Waals surface area contributed by atoms with Crippen LogP contribution >= 0.6 is 0 Å². The SMILES string of the molecule is CCNC(COc1ccc(OC)cc1)C(=O)OC. The highest BCUT2D eigenvalue weighted by Gasteiger charge is 2.18. The van der Waals surface area contributed by atoms with E-state index in [1.807, 2.05) is 6.92 Å². The molecule has 100 valence electrons. The summed E-state index contributed by atoms with van der Waals surface area (Å²) in [6.07, 6.45) is 0. The summed E-state index contributed by atoms with van der Waals surface area (Å²) in [5.74, 6) is 1.12. The van der Waals surface area contributed by atoms with Gasteiger partial charge in [-0.2, -0.15) is 0 Å². The largest absolute Gasteiger partial charge is 0.497 e. The molecule has 0 aliphatic heterocycles. The molecule has 0 heterocycles. The van der Waals surface area contributed by atoms with Crippen LogP contribution in [0, 0.1) is 0 Å². The predicted molar refractivity (Wildman–Crippen MR) is 68.0 cm³/mol. The predicted octanol–water partition coefficient (Wildman–Crippen LogP) is 1.23. The Morgan fingerprint density at radius 3 is 2.33 bits per heavy atom. The molecule has 5 heteroatoms. The number of carbonyl (C=O) groups excluding carboxylic acids is 1. The Kier molecular flexibility index (Phi) is 6.00. The number of nitrogens with one attached hydrogen (secondary N) is 1. The molecule has 18 heavy (non-hydrogen) atoms. The number of hydrogen-bond acceptors (Lipinski definition) is 5. The van der Waals surface area contributed by atoms with Crippen molar-refractivity contribution in [1.29, 1.82) is 0 Å². The molecule has 0 bridgehead atoms. The van der Waals surface area contributed by atoms with Gasteiger partial charge < -0.3 is 19.5 Å². The summed E-state index contributed by atoms with van der Waals surface area (Å²) in [6.45, 7) is 2.82. The van der Waals surface area contributed by atoms with Crippen molar-refractivity contribution in [1.82, 2.24) is 5.32 Å². The number of methoxy groups -OCH3 is 2. The smallest absolute Gasteiger partial charge is 0.326 e. The zero-order valence-electron chi connectivity index (χ0n) is 10.9. The minimum Gasteiger partial charge on any atom is -0.497 e. The van der Waals surface area contributed by atoms with Crippen molar-refractivity contribution in [2.24, 2.45) is 0 Å². The molecule has 5 nitrogen and oxygen atoms in total. The van der Waals surface area contributed by atoms with Gasteiger partial charge in [0.25, 0.3) is 0 Å². The number of rotatable bonds is 7. The summed E-state index contributed by atoms with van der Waals surface area (Å²) in [7, 11) is 2.97. The zero-order valence-corrected chi connectivity index (χ0v) is 10.9. The number of ether oxygens (including phenoxy) is 3. The molecule has 1 rings (SSSR count). The fourth-order valence-corrected chi connectivity index (χ4v) is 1.45. The van der Waals surface area contributed by atoms with E-state index in [1.54, 1.807) is 31.4 Å². The van der Waals surface area contributed by atoms with E-state index in [0.717, 1.165) is 5.75 Å². The minimum atomic E-state index is -0.456. The van der Waals surface area contributed by atoms with Gasteiger partial charge in [-0.05, 0) is 30.8 Å². The monoisotopic (exact) mass is 253 g/mol. The highest BCUT2D eigenvalue weighted by atomic mass is 16.5. The third kappa shape index (κ3) is 4.25. The molecular formula is C13H19NO4. The van der Waals surface area contributed by atoms with E-state index in [-0.39, 0.29) is 12.6 Å². The fourth-order valence-electron chi connectivity index (χ4n) is 1.45. The van der Waals surface area contributed by atoms with E-state index in [9.17, 15) is 4.79 Å². The molecule has 1 N–H and O–H groups in total. The maximum absolute atomic E-state index is 11.4. The van der Waals surface area contributed by atoms with Gasteiger partial charge in [0.05, 0.1) is 14.2 Å². The van der Waals surface area contributed by atoms with Gasteiger partial charge in [-0.15, -0.1) is 0 Å². The highest BCUT2D eigenvalue weighted by Crippen LogP contribution is 2.17. The number of hydrogen-bond donors (Lipinski definition) is 1. The van der Waals surface area contributed by atoms with Crippen molar-refractivity contribution in [2.45, 2.75) is 13.0 Å². The molecule has 1 atom stereocenters. The van der Waals surface area contributed by atoms with Gasteiger partial charge in [-0.25, -0.2) is 0 Å². The van der Waals surface area contributed by atoms with Gasteiger partial charge in [0.15, 0.2) is 0 Å². The second-order valence-electron chi connectivity index (χ2n) is 3.62. The Hall–Kier alpha value is -1.75. The van der Waals surface area contributed by atoms with E-state index in [2.05, 4.69) is 10.1 Å². The van der Waals surface area contributed by atoms with Crippen LogP contribution in [0.1, 0.15) is 6.92 Å². The summed E-state index contributed by atoms with van der Waals surface area (Å²) in [6, 6.07) is 6.73. The van der Waals surface area contributed by atoms with Gasteiger partial charge >= 0.3 is 5.97 Å². The molecule has 1 aromatic rings. The van der Waals surface area contributed by atoms with E-state index in [1.165, 1.54) is 7.11 Å². The lowest BCUT2D eigenvalue weighted by atomic mass is 10.3.